The van der Waals surface area contributed by atoms with Gasteiger partial charge < -0.3 is 10.6 Å². The van der Waals surface area contributed by atoms with Crippen LogP contribution in [-0.2, 0) is 12.6 Å². The number of hydrogen-bond donors (Lipinski definition) is 2. The molecule has 2 amide bonds. The molecule has 0 spiro atoms. The van der Waals surface area contributed by atoms with E-state index in [0.29, 0.717) is 0 Å². The van der Waals surface area contributed by atoms with Crippen LogP contribution in [-0.4, -0.2) is 6.03 Å². The Kier molecular flexibility index (Phi) is 4.41. The van der Waals surface area contributed by atoms with E-state index in [1.54, 1.807) is 0 Å². The van der Waals surface area contributed by atoms with Gasteiger partial charge in [-0.25, -0.2) is 4.79 Å². The second-order valence-electron chi connectivity index (χ2n) is 5.58. The van der Waals surface area contributed by atoms with Crippen LogP contribution in [0, 0.1) is 0 Å². The number of fused-ring (bicyclic) bond motifs is 1. The summed E-state index contributed by atoms with van der Waals surface area (Å²) in [6.07, 6.45) is -2.95. The summed E-state index contributed by atoms with van der Waals surface area (Å²) in [6, 6.07) is 10.4. The van der Waals surface area contributed by atoms with Crippen molar-refractivity contribution < 1.29 is 18.0 Å². The monoisotopic (exact) mass is 354 g/mol. The van der Waals surface area contributed by atoms with Gasteiger partial charge in [-0.3, -0.25) is 0 Å². The van der Waals surface area contributed by atoms with Gasteiger partial charge in [0.05, 0.1) is 16.6 Å². The topological polar surface area (TPSA) is 41.1 Å². The van der Waals surface area contributed by atoms with E-state index in [4.69, 9.17) is 11.6 Å². The van der Waals surface area contributed by atoms with Gasteiger partial charge in [-0.05, 0) is 42.2 Å². The third-order valence-electron chi connectivity index (χ3n) is 3.97. The summed E-state index contributed by atoms with van der Waals surface area (Å²) in [5, 5.41) is 4.82. The van der Waals surface area contributed by atoms with Gasteiger partial charge >= 0.3 is 12.2 Å². The molecule has 2 aromatic carbocycles. The lowest BCUT2D eigenvalue weighted by molar-refractivity contribution is -0.137. The third kappa shape index (κ3) is 3.48. The second-order valence-corrected chi connectivity index (χ2v) is 5.99. The zero-order valence-electron chi connectivity index (χ0n) is 12.5. The van der Waals surface area contributed by atoms with Crippen LogP contribution in [0.15, 0.2) is 42.5 Å². The number of nitrogens with one attached hydrogen (secondary N) is 2. The summed E-state index contributed by atoms with van der Waals surface area (Å²) in [7, 11) is 0. The molecule has 7 heteroatoms. The Bertz CT molecular complexity index is 777. The molecule has 0 saturated heterocycles. The number of anilines is 1. The van der Waals surface area contributed by atoms with Crippen molar-refractivity contribution in [2.24, 2.45) is 0 Å². The van der Waals surface area contributed by atoms with Gasteiger partial charge in [0.1, 0.15) is 0 Å². The molecule has 2 aromatic rings. The molecule has 0 radical (unpaired) electrons. The summed E-state index contributed by atoms with van der Waals surface area (Å²) < 4.78 is 38.5. The molecule has 0 fully saturated rings. The lowest BCUT2D eigenvalue weighted by Crippen LogP contribution is -2.31. The molecule has 0 saturated carbocycles. The van der Waals surface area contributed by atoms with Crippen molar-refractivity contribution in [2.75, 3.05) is 5.32 Å². The van der Waals surface area contributed by atoms with E-state index in [1.807, 2.05) is 24.3 Å². The maximum atomic E-state index is 12.8. The van der Waals surface area contributed by atoms with Crippen LogP contribution in [0.25, 0.3) is 0 Å². The predicted molar refractivity (Wildman–Crippen MR) is 86.1 cm³/mol. The van der Waals surface area contributed by atoms with Gasteiger partial charge in [0.2, 0.25) is 0 Å². The van der Waals surface area contributed by atoms with Crippen LogP contribution in [0.4, 0.5) is 23.7 Å². The van der Waals surface area contributed by atoms with Gasteiger partial charge in [0, 0.05) is 5.69 Å². The Hall–Kier alpha value is -2.21. The minimum Gasteiger partial charge on any atom is -0.331 e. The van der Waals surface area contributed by atoms with Crippen LogP contribution in [0.3, 0.4) is 0 Å². The molecule has 0 heterocycles. The van der Waals surface area contributed by atoms with Crippen molar-refractivity contribution in [1.29, 1.82) is 0 Å². The quantitative estimate of drug-likeness (QED) is 0.767. The molecule has 1 atom stereocenters. The van der Waals surface area contributed by atoms with E-state index >= 15 is 0 Å². The Labute approximate surface area is 141 Å². The summed E-state index contributed by atoms with van der Waals surface area (Å²) >= 11 is 5.56. The number of urea groups is 1. The van der Waals surface area contributed by atoms with Crippen molar-refractivity contribution in [2.45, 2.75) is 25.1 Å². The lowest BCUT2D eigenvalue weighted by Gasteiger charge is -2.16. The number of rotatable bonds is 2. The average molecular weight is 355 g/mol. The Balaban J connectivity index is 1.70. The first kappa shape index (κ1) is 16.6. The SMILES string of the molecule is O=C(Nc1ccc(Cl)c(C(F)(F)F)c1)NC1CCc2ccccc21. The van der Waals surface area contributed by atoms with Gasteiger partial charge in [-0.15, -0.1) is 0 Å². The highest BCUT2D eigenvalue weighted by atomic mass is 35.5. The second kappa shape index (κ2) is 6.36. The zero-order valence-corrected chi connectivity index (χ0v) is 13.2. The molecule has 1 unspecified atom stereocenters. The highest BCUT2D eigenvalue weighted by Crippen LogP contribution is 2.36. The molecule has 0 bridgehead atoms. The largest absolute Gasteiger partial charge is 0.417 e. The molecule has 2 N–H and O–H groups in total. The first-order valence-corrected chi connectivity index (χ1v) is 7.74. The van der Waals surface area contributed by atoms with Crippen molar-refractivity contribution >= 4 is 23.3 Å². The zero-order chi connectivity index (χ0) is 17.3. The smallest absolute Gasteiger partial charge is 0.331 e. The molecular formula is C17H14ClF3N2O. The molecule has 24 heavy (non-hydrogen) atoms. The fourth-order valence-electron chi connectivity index (χ4n) is 2.85. The highest BCUT2D eigenvalue weighted by Gasteiger charge is 2.33. The Morgan fingerprint density at radius 2 is 1.92 bits per heavy atom. The van der Waals surface area contributed by atoms with E-state index in [9.17, 15) is 18.0 Å². The van der Waals surface area contributed by atoms with Crippen LogP contribution in [0.2, 0.25) is 5.02 Å². The van der Waals surface area contributed by atoms with E-state index in [2.05, 4.69) is 10.6 Å². The maximum Gasteiger partial charge on any atom is 0.417 e. The molecule has 1 aliphatic rings. The Morgan fingerprint density at radius 3 is 2.67 bits per heavy atom. The average Bonchev–Trinajstić information content (AvgIpc) is 2.91. The van der Waals surface area contributed by atoms with Gasteiger partial charge in [-0.2, -0.15) is 13.2 Å². The standard InChI is InChI=1S/C17H14ClF3N2O/c18-14-7-6-11(9-13(14)17(19,20)21)22-16(24)23-15-8-5-10-3-1-2-4-12(10)15/h1-4,6-7,9,15H,5,8H2,(H2,22,23,24). The lowest BCUT2D eigenvalue weighted by atomic mass is 10.1. The molecule has 3 nitrogen and oxygen atoms in total. The number of alkyl halides is 3. The fraction of sp³-hybridized carbons (Fsp3) is 0.235. The normalized spacial score (nSPS) is 16.6. The summed E-state index contributed by atoms with van der Waals surface area (Å²) in [6.45, 7) is 0. The number of carbonyl (C=O) groups excluding carboxylic acids is 1. The van der Waals surface area contributed by atoms with E-state index in [1.165, 1.54) is 11.6 Å². The highest BCUT2D eigenvalue weighted by molar-refractivity contribution is 6.31. The van der Waals surface area contributed by atoms with Crippen LogP contribution < -0.4 is 10.6 Å². The van der Waals surface area contributed by atoms with Crippen LogP contribution in [0.1, 0.15) is 29.2 Å². The number of benzene rings is 2. The molecular weight excluding hydrogens is 341 g/mol. The molecule has 0 aromatic heterocycles. The third-order valence-corrected chi connectivity index (χ3v) is 4.30. The number of amides is 2. The maximum absolute atomic E-state index is 12.8. The first-order valence-electron chi connectivity index (χ1n) is 7.36. The van der Waals surface area contributed by atoms with Crippen molar-refractivity contribution in [3.8, 4) is 0 Å². The summed E-state index contributed by atoms with van der Waals surface area (Å²) in [4.78, 5) is 12.1. The van der Waals surface area contributed by atoms with Gasteiger partial charge in [-0.1, -0.05) is 35.9 Å². The molecule has 126 valence electrons. The summed E-state index contributed by atoms with van der Waals surface area (Å²) in [5.74, 6) is 0. The van der Waals surface area contributed by atoms with Crippen LogP contribution >= 0.6 is 11.6 Å². The van der Waals surface area contributed by atoms with Crippen LogP contribution in [0.5, 0.6) is 0 Å². The molecule has 1 aliphatic carbocycles. The predicted octanol–water partition coefficient (Wildman–Crippen LogP) is 5.17. The van der Waals surface area contributed by atoms with Gasteiger partial charge in [0.15, 0.2) is 0 Å². The fourth-order valence-corrected chi connectivity index (χ4v) is 3.08. The number of halogens is 4. The first-order chi connectivity index (χ1) is 11.3. The van der Waals surface area contributed by atoms with Crippen molar-refractivity contribution in [3.05, 3.63) is 64.2 Å². The molecule has 0 aliphatic heterocycles. The molecule has 3 rings (SSSR count). The van der Waals surface area contributed by atoms with E-state index in [0.717, 1.165) is 30.5 Å². The minimum absolute atomic E-state index is 0.0375. The number of hydrogen-bond acceptors (Lipinski definition) is 1. The minimum atomic E-state index is -4.57. The summed E-state index contributed by atoms with van der Waals surface area (Å²) in [5.41, 5.74) is 1.28. The van der Waals surface area contributed by atoms with E-state index in [-0.39, 0.29) is 11.7 Å². The van der Waals surface area contributed by atoms with Crippen molar-refractivity contribution in [1.82, 2.24) is 5.32 Å². The van der Waals surface area contributed by atoms with E-state index < -0.39 is 22.8 Å². The Morgan fingerprint density at radius 1 is 1.17 bits per heavy atom. The van der Waals surface area contributed by atoms with Gasteiger partial charge in [0.25, 0.3) is 0 Å². The van der Waals surface area contributed by atoms with Crippen molar-refractivity contribution in [3.63, 3.8) is 0 Å². The number of aryl methyl sites for hydroxylation is 1. The number of carbonyl (C=O) groups is 1.